The Kier molecular flexibility index (Phi) is 15.0. The van der Waals surface area contributed by atoms with E-state index in [0.29, 0.717) is 25.4 Å². The number of hydrogen-bond acceptors (Lipinski definition) is 4. The molecule has 116 valence electrons. The third-order valence-corrected chi connectivity index (χ3v) is 8.14. The first-order chi connectivity index (χ1) is 8.60. The van der Waals surface area contributed by atoms with Crippen LogP contribution in [0.15, 0.2) is 0 Å². The number of carboxylic acids is 1. The van der Waals surface area contributed by atoms with Gasteiger partial charge in [-0.15, -0.1) is 0 Å². The van der Waals surface area contributed by atoms with E-state index < -0.39 is 13.2 Å². The third kappa shape index (κ3) is 10.7. The van der Waals surface area contributed by atoms with Gasteiger partial charge in [0.1, 0.15) is 0 Å². The summed E-state index contributed by atoms with van der Waals surface area (Å²) < 4.78 is 0. The minimum Gasteiger partial charge on any atom is -1.00 e. The minimum absolute atomic E-state index is 0. The van der Waals surface area contributed by atoms with Gasteiger partial charge in [0.15, 0.2) is 0 Å². The molecule has 0 aliphatic rings. The van der Waals surface area contributed by atoms with Crippen molar-refractivity contribution in [2.75, 3.05) is 44.5 Å². The Bertz CT molecular complexity index is 206. The number of aliphatic carboxylic acids is 1. The topological polar surface area (TPSA) is 98.0 Å². The van der Waals surface area contributed by atoms with Gasteiger partial charge in [0.2, 0.25) is 0 Å². The molecule has 0 aromatic rings. The molecule has 5 nitrogen and oxygen atoms in total. The van der Waals surface area contributed by atoms with Crippen LogP contribution in [-0.4, -0.2) is 70.9 Å². The lowest BCUT2D eigenvalue weighted by Gasteiger charge is -2.27. The lowest BCUT2D eigenvalue weighted by Crippen LogP contribution is -3.00. The lowest BCUT2D eigenvalue weighted by atomic mass is 10.5. The molecular weight excluding hydrogens is 335 g/mol. The van der Waals surface area contributed by atoms with Crippen molar-refractivity contribution in [3.8, 4) is 0 Å². The maximum Gasteiger partial charge on any atom is 0.307 e. The number of rotatable bonds is 12. The average molecular weight is 361 g/mol. The van der Waals surface area contributed by atoms with E-state index in [2.05, 4.69) is 0 Å². The van der Waals surface area contributed by atoms with E-state index in [1.807, 2.05) is 0 Å². The number of aliphatic hydroxyl groups is 3. The summed E-state index contributed by atoms with van der Waals surface area (Å²) in [6.45, 7) is 0.354. The molecule has 0 aliphatic heterocycles. The Labute approximate surface area is 126 Å². The molecule has 0 aromatic heterocycles. The van der Waals surface area contributed by atoms with Gasteiger partial charge < -0.3 is 37.4 Å². The molecule has 0 radical (unpaired) electrons. The molecular formula is C12H26BrO5P. The predicted molar refractivity (Wildman–Crippen MR) is 73.7 cm³/mol. The van der Waals surface area contributed by atoms with Crippen molar-refractivity contribution in [2.24, 2.45) is 0 Å². The van der Waals surface area contributed by atoms with Crippen molar-refractivity contribution < 1.29 is 42.2 Å². The quantitative estimate of drug-likeness (QED) is 0.292. The lowest BCUT2D eigenvalue weighted by molar-refractivity contribution is -0.136. The summed E-state index contributed by atoms with van der Waals surface area (Å²) >= 11 is 0. The van der Waals surface area contributed by atoms with Crippen molar-refractivity contribution in [1.82, 2.24) is 0 Å². The maximum absolute atomic E-state index is 10.7. The molecule has 0 aromatic carbocycles. The van der Waals surface area contributed by atoms with E-state index in [0.717, 1.165) is 18.5 Å². The first-order valence-corrected chi connectivity index (χ1v) is 9.02. The zero-order valence-electron chi connectivity index (χ0n) is 11.3. The van der Waals surface area contributed by atoms with Crippen LogP contribution in [0.25, 0.3) is 0 Å². The van der Waals surface area contributed by atoms with Crippen LogP contribution in [0.2, 0.25) is 0 Å². The molecule has 0 rings (SSSR count). The van der Waals surface area contributed by atoms with Gasteiger partial charge in [-0.25, -0.2) is 0 Å². The molecule has 0 fully saturated rings. The average Bonchev–Trinajstić information content (AvgIpc) is 2.37. The van der Waals surface area contributed by atoms with Gasteiger partial charge in [-0.05, 0) is 0 Å². The van der Waals surface area contributed by atoms with Crippen molar-refractivity contribution in [3.63, 3.8) is 0 Å². The van der Waals surface area contributed by atoms with Crippen LogP contribution >= 0.6 is 7.26 Å². The molecule has 0 aliphatic carbocycles. The highest BCUT2D eigenvalue weighted by molar-refractivity contribution is 7.75. The smallest absolute Gasteiger partial charge is 0.307 e. The van der Waals surface area contributed by atoms with Crippen molar-refractivity contribution in [1.29, 1.82) is 0 Å². The Morgan fingerprint density at radius 2 is 1.16 bits per heavy atom. The van der Waals surface area contributed by atoms with E-state index >= 15 is 0 Å². The SMILES string of the molecule is O=C(O)CC[P+](CCCO)(CCCO)CCCO.[Br-]. The van der Waals surface area contributed by atoms with Crippen LogP contribution < -0.4 is 17.0 Å². The molecule has 0 saturated heterocycles. The van der Waals surface area contributed by atoms with Crippen LogP contribution in [0, 0.1) is 0 Å². The molecule has 0 bridgehead atoms. The summed E-state index contributed by atoms with van der Waals surface area (Å²) in [5.74, 6) is -0.795. The van der Waals surface area contributed by atoms with Crippen molar-refractivity contribution in [3.05, 3.63) is 0 Å². The summed E-state index contributed by atoms with van der Waals surface area (Å²) in [6.07, 6.45) is 5.43. The zero-order chi connectivity index (χ0) is 13.9. The largest absolute Gasteiger partial charge is 1.00 e. The Hall–Kier alpha value is 0.260. The summed E-state index contributed by atoms with van der Waals surface area (Å²) in [4.78, 5) is 10.7. The summed E-state index contributed by atoms with van der Waals surface area (Å²) in [5.41, 5.74) is 0. The highest BCUT2D eigenvalue weighted by Crippen LogP contribution is 2.60. The Morgan fingerprint density at radius 3 is 1.42 bits per heavy atom. The molecule has 0 atom stereocenters. The summed E-state index contributed by atoms with van der Waals surface area (Å²) in [7, 11) is -1.46. The normalized spacial score (nSPS) is 11.1. The Morgan fingerprint density at radius 1 is 0.789 bits per heavy atom. The predicted octanol–water partition coefficient (Wildman–Crippen LogP) is -2.37. The third-order valence-electron chi connectivity index (χ3n) is 3.17. The number of aliphatic hydroxyl groups excluding tert-OH is 3. The van der Waals surface area contributed by atoms with Gasteiger partial charge in [-0.1, -0.05) is 0 Å². The van der Waals surface area contributed by atoms with Crippen LogP contribution in [0.5, 0.6) is 0 Å². The zero-order valence-corrected chi connectivity index (χ0v) is 13.8. The van der Waals surface area contributed by atoms with E-state index in [4.69, 9.17) is 20.4 Å². The van der Waals surface area contributed by atoms with E-state index in [-0.39, 0.29) is 43.2 Å². The fourth-order valence-electron chi connectivity index (χ4n) is 2.22. The van der Waals surface area contributed by atoms with Crippen LogP contribution in [0.4, 0.5) is 0 Å². The van der Waals surface area contributed by atoms with Crippen molar-refractivity contribution >= 4 is 13.2 Å². The van der Waals surface area contributed by atoms with Crippen LogP contribution in [-0.2, 0) is 4.79 Å². The molecule has 0 amide bonds. The van der Waals surface area contributed by atoms with E-state index in [9.17, 15) is 4.79 Å². The molecule has 4 N–H and O–H groups in total. The molecule has 0 spiro atoms. The molecule has 19 heavy (non-hydrogen) atoms. The molecule has 7 heteroatoms. The standard InChI is InChI=1S/C12H25O5P.BrH/c13-5-1-8-18(9-2-6-14,10-3-7-15)11-4-12(16)17;/h13-15H,1-11H2;1H. The minimum atomic E-state index is -1.46. The molecule has 0 saturated carbocycles. The van der Waals surface area contributed by atoms with Crippen molar-refractivity contribution in [2.45, 2.75) is 25.7 Å². The molecule has 0 heterocycles. The van der Waals surface area contributed by atoms with Crippen LogP contribution in [0.3, 0.4) is 0 Å². The summed E-state index contributed by atoms with van der Waals surface area (Å²) in [5, 5.41) is 35.7. The number of halogens is 1. The van der Waals surface area contributed by atoms with Gasteiger partial charge in [0, 0.05) is 46.3 Å². The monoisotopic (exact) mass is 360 g/mol. The highest BCUT2D eigenvalue weighted by Gasteiger charge is 2.35. The van der Waals surface area contributed by atoms with Gasteiger partial charge >= 0.3 is 5.97 Å². The number of carboxylic acid groups (broad SMARTS) is 1. The number of carbonyl (C=O) groups is 1. The highest BCUT2D eigenvalue weighted by atomic mass is 79.9. The van der Waals surface area contributed by atoms with Gasteiger partial charge in [-0.3, -0.25) is 4.79 Å². The fourth-order valence-corrected chi connectivity index (χ4v) is 6.67. The van der Waals surface area contributed by atoms with Gasteiger partial charge in [0.05, 0.1) is 31.1 Å². The number of hydrogen-bond donors (Lipinski definition) is 4. The van der Waals surface area contributed by atoms with E-state index in [1.165, 1.54) is 0 Å². The van der Waals surface area contributed by atoms with Crippen LogP contribution in [0.1, 0.15) is 25.7 Å². The summed E-state index contributed by atoms with van der Waals surface area (Å²) in [6, 6.07) is 0. The van der Waals surface area contributed by atoms with Gasteiger partial charge in [0.25, 0.3) is 0 Å². The second-order valence-electron chi connectivity index (χ2n) is 4.61. The van der Waals surface area contributed by atoms with E-state index in [1.54, 1.807) is 0 Å². The maximum atomic E-state index is 10.7. The first-order valence-electron chi connectivity index (χ1n) is 6.49. The Balaban J connectivity index is 0. The van der Waals surface area contributed by atoms with Gasteiger partial charge in [-0.2, -0.15) is 0 Å². The molecule has 0 unspecified atom stereocenters. The first kappa shape index (κ1) is 21.6. The second kappa shape index (κ2) is 13.3. The second-order valence-corrected chi connectivity index (χ2v) is 9.08. The fraction of sp³-hybridized carbons (Fsp3) is 0.917.